The molecular weight excluding hydrogens is 1330 g/mol. The Labute approximate surface area is 581 Å². The van der Waals surface area contributed by atoms with Gasteiger partial charge in [-0.2, -0.15) is 23.5 Å². The van der Waals surface area contributed by atoms with Gasteiger partial charge in [0.1, 0.15) is 65.8 Å². The second-order valence-electron chi connectivity index (χ2n) is 24.9. The SMILES string of the molecule is NC(=O)[C@@H]1CSCc2cccc(c2)CSCCC(=O)N[C@H]2CCCCNC(=O)CC[C@H](NC(=O)[C@H](Cc3c[nH]c4ccc(F)cc34)NC(=O)C(Cc3c[nH]c4ccc(F)cc34)NC(C=O)NC2=O)C(=O)N[C@@H](Cc2cnc[nH]2)C(=O)N[C@@H](Cc2ccc(O)cc2)C(=O)N2CCC[C@H]2C(=O)N1. The van der Waals surface area contributed by atoms with Crippen LogP contribution in [0.1, 0.15) is 84.9 Å². The number of hydrogen-bond acceptors (Lipinski definition) is 16. The summed E-state index contributed by atoms with van der Waals surface area (Å²) in [4.78, 5) is 173. The lowest BCUT2D eigenvalue weighted by Gasteiger charge is -2.31. The number of fused-ring (bicyclic) bond motifs is 14. The van der Waals surface area contributed by atoms with Crippen molar-refractivity contribution < 1.29 is 66.6 Å². The highest BCUT2D eigenvalue weighted by Gasteiger charge is 2.41. The normalized spacial score (nSPS) is 23.8. The van der Waals surface area contributed by atoms with Crippen LogP contribution in [-0.4, -0.2) is 174 Å². The van der Waals surface area contributed by atoms with Gasteiger partial charge in [0.05, 0.1) is 12.4 Å². The van der Waals surface area contributed by atoms with E-state index in [1.807, 2.05) is 24.3 Å². The van der Waals surface area contributed by atoms with Gasteiger partial charge in [0.25, 0.3) is 0 Å². The lowest BCUT2D eigenvalue weighted by molar-refractivity contribution is -0.142. The van der Waals surface area contributed by atoms with Crippen LogP contribution in [0.4, 0.5) is 8.78 Å². The third-order valence-electron chi connectivity index (χ3n) is 17.6. The van der Waals surface area contributed by atoms with E-state index in [0.717, 1.165) is 11.1 Å². The first-order valence-corrected chi connectivity index (χ1v) is 35.2. The fraction of sp³-hybridized carbons (Fsp3) is 0.391. The van der Waals surface area contributed by atoms with Gasteiger partial charge >= 0.3 is 0 Å². The van der Waals surface area contributed by atoms with Gasteiger partial charge < -0.3 is 73.2 Å². The smallest absolute Gasteiger partial charge is 0.246 e. The highest BCUT2D eigenvalue weighted by atomic mass is 32.2. The molecule has 4 aromatic carbocycles. The summed E-state index contributed by atoms with van der Waals surface area (Å²) < 4.78 is 30.0. The van der Waals surface area contributed by atoms with Crippen LogP contribution in [0.2, 0.25) is 0 Å². The number of rotatable bonds is 10. The molecule has 6 heterocycles. The van der Waals surface area contributed by atoms with E-state index in [2.05, 4.69) is 67.8 Å². The Kier molecular flexibility index (Phi) is 25.1. The molecular formula is C69H79F2N15O12S2. The van der Waals surface area contributed by atoms with Crippen LogP contribution in [0.3, 0.4) is 0 Å². The number of primary amides is 1. The van der Waals surface area contributed by atoms with E-state index < -0.39 is 144 Å². The minimum Gasteiger partial charge on any atom is -0.508 e. The monoisotopic (exact) mass is 1410 g/mol. The van der Waals surface area contributed by atoms with E-state index in [1.165, 1.54) is 114 Å². The maximum absolute atomic E-state index is 15.3. The van der Waals surface area contributed by atoms with Gasteiger partial charge in [0.15, 0.2) is 6.29 Å². The van der Waals surface area contributed by atoms with Gasteiger partial charge in [0, 0.05) is 114 Å². The highest BCUT2D eigenvalue weighted by molar-refractivity contribution is 7.98. The van der Waals surface area contributed by atoms with Crippen molar-refractivity contribution in [1.82, 2.24) is 72.7 Å². The van der Waals surface area contributed by atoms with E-state index in [0.29, 0.717) is 74.2 Å². The fourth-order valence-corrected chi connectivity index (χ4v) is 14.3. The number of nitrogens with one attached hydrogen (secondary N) is 12. The lowest BCUT2D eigenvalue weighted by atomic mass is 10.0. The van der Waals surface area contributed by atoms with Crippen LogP contribution in [0.25, 0.3) is 21.8 Å². The first-order valence-electron chi connectivity index (χ1n) is 32.9. The number of amides is 10. The molecule has 528 valence electrons. The molecule has 2 fully saturated rings. The maximum Gasteiger partial charge on any atom is 0.246 e. The Morgan fingerprint density at radius 1 is 0.610 bits per heavy atom. The van der Waals surface area contributed by atoms with Crippen LogP contribution in [-0.2, 0) is 89.9 Å². The first kappa shape index (κ1) is 72.6. The molecule has 3 aliphatic rings. The third kappa shape index (κ3) is 19.8. The number of aromatic nitrogens is 4. The molecule has 3 aliphatic heterocycles. The Morgan fingerprint density at radius 3 is 1.92 bits per heavy atom. The number of phenolic OH excluding ortho intramolecular Hbond substituents is 1. The number of phenols is 1. The van der Waals surface area contributed by atoms with Gasteiger partial charge in [0.2, 0.25) is 59.1 Å². The van der Waals surface area contributed by atoms with Crippen molar-refractivity contribution in [2.75, 3.05) is 24.6 Å². The van der Waals surface area contributed by atoms with Crippen molar-refractivity contribution >= 4 is 111 Å². The molecule has 9 atom stereocenters. The highest BCUT2D eigenvalue weighted by Crippen LogP contribution is 2.26. The number of H-pyrrole nitrogens is 3. The summed E-state index contributed by atoms with van der Waals surface area (Å²) in [7, 11) is 0. The van der Waals surface area contributed by atoms with E-state index in [-0.39, 0.29) is 76.0 Å². The lowest BCUT2D eigenvalue weighted by Crippen LogP contribution is -2.62. The number of nitrogens with two attached hydrogens (primary N) is 1. The van der Waals surface area contributed by atoms with Gasteiger partial charge in [-0.05, 0) is 121 Å². The van der Waals surface area contributed by atoms with Crippen molar-refractivity contribution in [2.24, 2.45) is 5.73 Å². The number of thioether (sulfide) groups is 2. The topological polar surface area (TPSA) is 406 Å². The third-order valence-corrected chi connectivity index (χ3v) is 19.8. The fourth-order valence-electron chi connectivity index (χ4n) is 12.4. The zero-order valence-corrected chi connectivity index (χ0v) is 56.0. The number of aromatic hydroxyl groups is 1. The van der Waals surface area contributed by atoms with Crippen LogP contribution >= 0.6 is 23.5 Å². The second kappa shape index (κ2) is 34.6. The average Bonchev–Trinajstić information content (AvgIpc) is 1.72. The molecule has 27 nitrogen and oxygen atoms in total. The van der Waals surface area contributed by atoms with Crippen molar-refractivity contribution in [3.63, 3.8) is 0 Å². The number of carbonyl (C=O) groups excluding carboxylic acids is 11. The van der Waals surface area contributed by atoms with Crippen LogP contribution in [0, 0.1) is 11.6 Å². The molecule has 10 rings (SSSR count). The van der Waals surface area contributed by atoms with Crippen LogP contribution < -0.4 is 53.6 Å². The Balaban J connectivity index is 1.03. The van der Waals surface area contributed by atoms with Gasteiger partial charge in [-0.25, -0.2) is 13.8 Å². The number of nitrogens with zero attached hydrogens (tertiary/aromatic N) is 2. The summed E-state index contributed by atoms with van der Waals surface area (Å²) in [5.74, 6) is -8.04. The number of aromatic amines is 3. The molecule has 2 saturated heterocycles. The minimum atomic E-state index is -1.69. The number of carbonyl (C=O) groups is 11. The largest absolute Gasteiger partial charge is 0.508 e. The number of aldehydes is 1. The summed E-state index contributed by atoms with van der Waals surface area (Å²) in [6, 6.07) is 9.87. The number of halogens is 2. The van der Waals surface area contributed by atoms with E-state index in [1.54, 1.807) is 0 Å². The molecule has 4 bridgehead atoms. The molecule has 2 unspecified atom stereocenters. The van der Waals surface area contributed by atoms with Crippen molar-refractivity contribution in [1.29, 1.82) is 0 Å². The molecule has 3 aromatic heterocycles. The van der Waals surface area contributed by atoms with Gasteiger partial charge in [-0.3, -0.25) is 58.1 Å². The van der Waals surface area contributed by atoms with E-state index >= 15 is 28.4 Å². The first-order chi connectivity index (χ1) is 48.2. The number of imidazole rings is 1. The van der Waals surface area contributed by atoms with Crippen molar-refractivity contribution in [2.45, 2.75) is 143 Å². The molecule has 31 heteroatoms. The quantitative estimate of drug-likeness (QED) is 0.0874. The minimum absolute atomic E-state index is 0.0137. The van der Waals surface area contributed by atoms with Crippen molar-refractivity contribution in [3.05, 3.63) is 155 Å². The summed E-state index contributed by atoms with van der Waals surface area (Å²) >= 11 is 2.80. The molecule has 0 spiro atoms. The molecule has 0 radical (unpaired) electrons. The van der Waals surface area contributed by atoms with Crippen molar-refractivity contribution in [3.8, 4) is 5.75 Å². The molecule has 7 aromatic rings. The number of benzene rings is 4. The summed E-state index contributed by atoms with van der Waals surface area (Å²) in [5.41, 5.74) is 10.1. The van der Waals surface area contributed by atoms with Gasteiger partial charge in [-0.15, -0.1) is 0 Å². The molecule has 100 heavy (non-hydrogen) atoms. The van der Waals surface area contributed by atoms with E-state index in [9.17, 15) is 38.3 Å². The molecule has 0 saturated carbocycles. The van der Waals surface area contributed by atoms with Gasteiger partial charge in [-0.1, -0.05) is 36.4 Å². The summed E-state index contributed by atoms with van der Waals surface area (Å²) in [5, 5.41) is 35.7. The van der Waals surface area contributed by atoms with Crippen LogP contribution in [0.15, 0.2) is 110 Å². The Bertz CT molecular complexity index is 4120. The predicted octanol–water partition coefficient (Wildman–Crippen LogP) is 2.26. The number of hydrogen-bond donors (Lipinski definition) is 14. The predicted molar refractivity (Wildman–Crippen MR) is 368 cm³/mol. The average molecular weight is 1410 g/mol. The van der Waals surface area contributed by atoms with Crippen LogP contribution in [0.5, 0.6) is 5.75 Å². The zero-order chi connectivity index (χ0) is 70.8. The molecule has 10 amide bonds. The zero-order valence-electron chi connectivity index (χ0n) is 54.4. The maximum atomic E-state index is 15.3. The standard InChI is InChI=1S/C69H79F2N15O12S2/c70-43-11-15-49-47(27-43)41(30-75-49)25-53-65(94)81-54(26-42-31-76-50-16-12-44(71)28-48(42)50)66(95)80-52-17-18-60(89)74-20-2-1-7-51(64(93)85-59(33-87)78-53)79-61(90)19-22-99-34-39-5-3-6-40(23-39)35-100-36-57(62(72)91)84-68(97)58-8-4-21-86(58)69(98)56(24-38-9-13-46(88)14-10-38)83-67(96)55(82-63(52)92)29-45-32-73-37-77-45/h3,5-6,9-16,23,27-28,30-33,37,51-59,75-76,78,88H,1-2,4,7-8,17-22,24-26,29,34-36H2,(H2,72,91)(H,73,77)(H,74,89)(H,79,90)(H,80,95)(H,81,94)(H,82,92)(H,83,96)(H,84,97)(H,85,93)/t51-,52-,53?,54-,55-,56-,57-,58-,59?/m0/s1. The Morgan fingerprint density at radius 2 is 1.24 bits per heavy atom. The summed E-state index contributed by atoms with van der Waals surface area (Å²) in [6.07, 6.45) is 3.40. The second-order valence-corrected chi connectivity index (χ2v) is 27.1. The Hall–Kier alpha value is -10.1. The molecule has 0 aliphatic carbocycles. The molecule has 15 N–H and O–H groups in total. The van der Waals surface area contributed by atoms with E-state index in [4.69, 9.17) is 5.73 Å². The summed E-state index contributed by atoms with van der Waals surface area (Å²) in [6.45, 7) is 0.115.